The second-order valence-corrected chi connectivity index (χ2v) is 11.9. The molecule has 0 saturated carbocycles. The molecule has 1 aliphatic rings. The number of aliphatic carboxylic acids is 1. The molecule has 0 aliphatic carbocycles. The highest BCUT2D eigenvalue weighted by Crippen LogP contribution is 2.31. The lowest BCUT2D eigenvalue weighted by Crippen LogP contribution is -2.58. The molecule has 17 nitrogen and oxygen atoms in total. The molecule has 0 saturated heterocycles. The first-order chi connectivity index (χ1) is 24.1. The predicted molar refractivity (Wildman–Crippen MR) is 176 cm³/mol. The van der Waals surface area contributed by atoms with Gasteiger partial charge in [-0.15, -0.1) is 10.2 Å². The fourth-order valence-electron chi connectivity index (χ4n) is 5.35. The van der Waals surface area contributed by atoms with E-state index < -0.39 is 66.0 Å². The van der Waals surface area contributed by atoms with Crippen molar-refractivity contribution in [3.8, 4) is 0 Å². The Labute approximate surface area is 287 Å². The molecule has 4 rings (SSSR count). The smallest absolute Gasteiger partial charge is 0.306 e. The van der Waals surface area contributed by atoms with Crippen molar-refractivity contribution in [1.29, 1.82) is 0 Å². The molecule has 3 heterocycles. The first kappa shape index (κ1) is 37.1. The molecule has 4 atom stereocenters. The average molecular weight is 692 g/mol. The van der Waals surface area contributed by atoms with Gasteiger partial charge < -0.3 is 25.8 Å². The molecular formula is C33H41N9O8. The maximum Gasteiger partial charge on any atom is 0.306 e. The third-order valence-electron chi connectivity index (χ3n) is 8.27. The molecule has 0 unspecified atom stereocenters. The second kappa shape index (κ2) is 18.1. The minimum Gasteiger partial charge on any atom is -0.481 e. The second-order valence-electron chi connectivity index (χ2n) is 11.9. The first-order valence-corrected chi connectivity index (χ1v) is 16.3. The van der Waals surface area contributed by atoms with E-state index in [1.807, 2.05) is 13.0 Å². The monoisotopic (exact) mass is 691 g/mol. The molecule has 0 radical (unpaired) electrons. The SMILES string of the molecule is CC[C@H](C)[C@H](NC(=O)CCC(=O)O)C(=O)N[C@@H](CCC(=O)OCc1ccccc1)C(=O)N1c2ncccc2C[C@H]1C(=O)NCCc1nn[nH]n1. The standard InChI is InChI=1S/C33H41N9O8/c1-3-20(2)29(37-26(43)12-13-27(44)45)32(48)36-23(11-14-28(46)50-19-21-8-5-4-6-9-21)33(49)42-24(18-22-10-7-16-34-30(22)42)31(47)35-17-15-25-38-40-41-39-25/h4-10,16,20,23-24,29H,3,11-15,17-19H2,1-2H3,(H,35,47)(H,36,48)(H,37,43)(H,44,45)(H,38,39,40,41)/t20-,23-,24-,29-/m0/s1. The van der Waals surface area contributed by atoms with Crippen LogP contribution in [0.15, 0.2) is 48.7 Å². The van der Waals surface area contributed by atoms with Crippen molar-refractivity contribution in [2.45, 2.75) is 83.5 Å². The van der Waals surface area contributed by atoms with Gasteiger partial charge in [-0.05, 0) is 29.5 Å². The summed E-state index contributed by atoms with van der Waals surface area (Å²) in [4.78, 5) is 83.7. The molecular weight excluding hydrogens is 650 g/mol. The molecule has 266 valence electrons. The molecule has 17 heteroatoms. The summed E-state index contributed by atoms with van der Waals surface area (Å²) in [7, 11) is 0. The van der Waals surface area contributed by atoms with E-state index in [-0.39, 0.29) is 51.1 Å². The van der Waals surface area contributed by atoms with Crippen LogP contribution < -0.4 is 20.9 Å². The number of hydrogen-bond acceptors (Lipinski definition) is 11. The van der Waals surface area contributed by atoms with Crippen LogP contribution >= 0.6 is 0 Å². The lowest BCUT2D eigenvalue weighted by molar-refractivity contribution is -0.145. The molecule has 1 aromatic carbocycles. The largest absolute Gasteiger partial charge is 0.481 e. The summed E-state index contributed by atoms with van der Waals surface area (Å²) in [6.45, 7) is 3.72. The average Bonchev–Trinajstić information content (AvgIpc) is 3.78. The number of carboxylic acids is 1. The van der Waals surface area contributed by atoms with Gasteiger partial charge >= 0.3 is 11.9 Å². The number of tetrazole rings is 1. The molecule has 1 aliphatic heterocycles. The number of esters is 1. The molecule has 5 N–H and O–H groups in total. The number of carbonyl (C=O) groups is 6. The normalized spacial score (nSPS) is 15.2. The van der Waals surface area contributed by atoms with E-state index in [1.165, 1.54) is 11.1 Å². The molecule has 0 fully saturated rings. The van der Waals surface area contributed by atoms with Crippen LogP contribution in [0.25, 0.3) is 0 Å². The topological polar surface area (TPSA) is 239 Å². The molecule has 2 aromatic heterocycles. The van der Waals surface area contributed by atoms with Gasteiger partial charge in [0.25, 0.3) is 5.91 Å². The number of H-pyrrole nitrogens is 1. The van der Waals surface area contributed by atoms with Crippen LogP contribution in [0.3, 0.4) is 0 Å². The van der Waals surface area contributed by atoms with Gasteiger partial charge in [-0.25, -0.2) is 4.98 Å². The minimum atomic E-state index is -1.34. The molecule has 4 amide bonds. The van der Waals surface area contributed by atoms with Gasteiger partial charge in [0.05, 0.1) is 6.42 Å². The Kier molecular flexibility index (Phi) is 13.5. The maximum atomic E-state index is 14.4. The summed E-state index contributed by atoms with van der Waals surface area (Å²) in [5, 5.41) is 30.7. The molecule has 0 bridgehead atoms. The van der Waals surface area contributed by atoms with E-state index in [2.05, 4.69) is 41.6 Å². The fourth-order valence-corrected chi connectivity index (χ4v) is 5.35. The third-order valence-corrected chi connectivity index (χ3v) is 8.27. The first-order valence-electron chi connectivity index (χ1n) is 16.3. The van der Waals surface area contributed by atoms with Crippen LogP contribution in [-0.4, -0.2) is 91.0 Å². The van der Waals surface area contributed by atoms with Crippen LogP contribution in [0.2, 0.25) is 0 Å². The number of nitrogens with one attached hydrogen (secondary N) is 4. The van der Waals surface area contributed by atoms with Crippen molar-refractivity contribution < 1.29 is 38.6 Å². The van der Waals surface area contributed by atoms with Gasteiger partial charge in [0, 0.05) is 38.4 Å². The molecule has 0 spiro atoms. The van der Waals surface area contributed by atoms with Crippen molar-refractivity contribution in [3.05, 3.63) is 65.6 Å². The number of rotatable bonds is 18. The summed E-state index contributed by atoms with van der Waals surface area (Å²) >= 11 is 0. The maximum absolute atomic E-state index is 14.4. The third kappa shape index (κ3) is 10.4. The number of carbonyl (C=O) groups excluding carboxylic acids is 5. The number of aromatic amines is 1. The summed E-state index contributed by atoms with van der Waals surface area (Å²) in [6.07, 6.45) is 1.17. The van der Waals surface area contributed by atoms with E-state index >= 15 is 0 Å². The zero-order valence-corrected chi connectivity index (χ0v) is 27.8. The number of pyridine rings is 1. The number of anilines is 1. The fraction of sp³-hybridized carbons (Fsp3) is 0.455. The van der Waals surface area contributed by atoms with Crippen molar-refractivity contribution >= 4 is 41.4 Å². The predicted octanol–water partition coefficient (Wildman–Crippen LogP) is 0.615. The van der Waals surface area contributed by atoms with Gasteiger partial charge in [-0.2, -0.15) is 5.21 Å². The quantitative estimate of drug-likeness (QED) is 0.115. The number of carboxylic acid groups (broad SMARTS) is 1. The van der Waals surface area contributed by atoms with Crippen molar-refractivity contribution in [3.63, 3.8) is 0 Å². The zero-order chi connectivity index (χ0) is 36.0. The Morgan fingerprint density at radius 1 is 1.04 bits per heavy atom. The Balaban J connectivity index is 1.55. The Bertz CT molecular complexity index is 1640. The van der Waals surface area contributed by atoms with E-state index in [0.29, 0.717) is 17.8 Å². The Hall–Kier alpha value is -5.74. The molecule has 50 heavy (non-hydrogen) atoms. The van der Waals surface area contributed by atoms with Crippen molar-refractivity contribution in [2.24, 2.45) is 5.92 Å². The lowest BCUT2D eigenvalue weighted by atomic mass is 9.97. The number of fused-ring (bicyclic) bond motifs is 1. The van der Waals surface area contributed by atoms with Gasteiger partial charge in [0.15, 0.2) is 5.82 Å². The van der Waals surface area contributed by atoms with Crippen molar-refractivity contribution in [1.82, 2.24) is 41.6 Å². The number of ether oxygens (including phenoxy) is 1. The highest BCUT2D eigenvalue weighted by molar-refractivity contribution is 6.06. The summed E-state index contributed by atoms with van der Waals surface area (Å²) in [5.41, 5.74) is 1.40. The number of amides is 4. The van der Waals surface area contributed by atoms with Crippen LogP contribution in [-0.2, 0) is 53.0 Å². The van der Waals surface area contributed by atoms with Crippen LogP contribution in [0, 0.1) is 5.92 Å². The lowest BCUT2D eigenvalue weighted by Gasteiger charge is -2.30. The summed E-state index contributed by atoms with van der Waals surface area (Å²) < 4.78 is 5.41. The van der Waals surface area contributed by atoms with E-state index in [4.69, 9.17) is 9.84 Å². The van der Waals surface area contributed by atoms with E-state index in [9.17, 15) is 28.8 Å². The van der Waals surface area contributed by atoms with Gasteiger partial charge in [-0.3, -0.25) is 33.7 Å². The van der Waals surface area contributed by atoms with Gasteiger partial charge in [0.1, 0.15) is 30.6 Å². The highest BCUT2D eigenvalue weighted by Gasteiger charge is 2.43. The summed E-state index contributed by atoms with van der Waals surface area (Å²) in [5.74, 6) is -4.07. The number of benzene rings is 1. The van der Waals surface area contributed by atoms with Gasteiger partial charge in [-0.1, -0.05) is 61.9 Å². The Morgan fingerprint density at radius 2 is 1.82 bits per heavy atom. The van der Waals surface area contributed by atoms with E-state index in [1.54, 1.807) is 43.3 Å². The minimum absolute atomic E-state index is 0.0125. The van der Waals surface area contributed by atoms with Crippen LogP contribution in [0.5, 0.6) is 0 Å². The van der Waals surface area contributed by atoms with Gasteiger partial charge in [0.2, 0.25) is 17.7 Å². The molecule has 3 aromatic rings. The van der Waals surface area contributed by atoms with Crippen LogP contribution in [0.4, 0.5) is 5.82 Å². The number of nitrogens with zero attached hydrogens (tertiary/aromatic N) is 5. The van der Waals surface area contributed by atoms with Crippen LogP contribution in [0.1, 0.15) is 62.9 Å². The zero-order valence-electron chi connectivity index (χ0n) is 27.8. The number of hydrogen-bond donors (Lipinski definition) is 5. The highest BCUT2D eigenvalue weighted by atomic mass is 16.5. The number of aromatic nitrogens is 5. The Morgan fingerprint density at radius 3 is 2.52 bits per heavy atom. The summed E-state index contributed by atoms with van der Waals surface area (Å²) in [6, 6.07) is 8.99. The van der Waals surface area contributed by atoms with Crippen molar-refractivity contribution in [2.75, 3.05) is 11.4 Å². The van der Waals surface area contributed by atoms with E-state index in [0.717, 1.165) is 5.56 Å².